The predicted molar refractivity (Wildman–Crippen MR) is 58.3 cm³/mol. The molecule has 6 nitrogen and oxygen atoms in total. The van der Waals surface area contributed by atoms with E-state index in [0.29, 0.717) is 5.56 Å². The van der Waals surface area contributed by atoms with Crippen LogP contribution in [0.5, 0.6) is 0 Å². The number of aliphatic hydroxyl groups is 1. The first kappa shape index (κ1) is 12.5. The third kappa shape index (κ3) is 2.33. The molecule has 0 aliphatic heterocycles. The van der Waals surface area contributed by atoms with E-state index in [4.69, 9.17) is 9.94 Å². The van der Waals surface area contributed by atoms with Crippen molar-refractivity contribution in [3.05, 3.63) is 32.6 Å². The summed E-state index contributed by atoms with van der Waals surface area (Å²) in [5, 5.41) is 9.05. The summed E-state index contributed by atoms with van der Waals surface area (Å²) >= 11 is 0. The summed E-state index contributed by atoms with van der Waals surface area (Å²) < 4.78 is 1.83. The Balaban J connectivity index is 3.42. The Labute approximate surface area is 92.7 Å². The lowest BCUT2D eigenvalue weighted by Gasteiger charge is -2.14. The van der Waals surface area contributed by atoms with Crippen molar-refractivity contribution in [2.75, 3.05) is 0 Å². The van der Waals surface area contributed by atoms with Crippen molar-refractivity contribution in [1.29, 1.82) is 0 Å². The van der Waals surface area contributed by atoms with Gasteiger partial charge < -0.3 is 9.94 Å². The molecule has 0 saturated heterocycles. The summed E-state index contributed by atoms with van der Waals surface area (Å²) in [6, 6.07) is 0. The first-order valence-electron chi connectivity index (χ1n) is 5.02. The average Bonchev–Trinajstić information content (AvgIpc) is 2.18. The molecule has 0 aliphatic rings. The fourth-order valence-electron chi connectivity index (χ4n) is 1.30. The molecule has 0 aliphatic carbocycles. The molecule has 0 saturated carbocycles. The molecular weight excluding hydrogens is 212 g/mol. The van der Waals surface area contributed by atoms with Crippen LogP contribution in [0, 0.1) is 0 Å². The zero-order valence-corrected chi connectivity index (χ0v) is 9.80. The molecule has 0 spiro atoms. The number of hydrogen-bond acceptors (Lipinski definition) is 4. The van der Waals surface area contributed by atoms with Gasteiger partial charge >= 0.3 is 5.69 Å². The van der Waals surface area contributed by atoms with Crippen molar-refractivity contribution in [3.63, 3.8) is 0 Å². The Morgan fingerprint density at radius 1 is 1.31 bits per heavy atom. The lowest BCUT2D eigenvalue weighted by atomic mass is 10.1. The molecule has 0 aromatic carbocycles. The highest BCUT2D eigenvalue weighted by Gasteiger charge is 2.13. The summed E-state index contributed by atoms with van der Waals surface area (Å²) in [4.78, 5) is 28.2. The largest absolute Gasteiger partial charge is 0.378 e. The Morgan fingerprint density at radius 3 is 2.31 bits per heavy atom. The second-order valence-electron chi connectivity index (χ2n) is 3.92. The SMILES string of the molecule is CC(O)On1cc(C(C)C)c(=O)n(C)c1=O. The van der Waals surface area contributed by atoms with Crippen LogP contribution >= 0.6 is 0 Å². The summed E-state index contributed by atoms with van der Waals surface area (Å²) in [6.07, 6.45) is 0.206. The molecule has 1 aromatic heterocycles. The summed E-state index contributed by atoms with van der Waals surface area (Å²) in [7, 11) is 1.37. The van der Waals surface area contributed by atoms with Gasteiger partial charge in [0.1, 0.15) is 0 Å². The number of rotatable bonds is 3. The van der Waals surface area contributed by atoms with Gasteiger partial charge in [0, 0.05) is 19.5 Å². The van der Waals surface area contributed by atoms with Gasteiger partial charge in [-0.3, -0.25) is 9.36 Å². The van der Waals surface area contributed by atoms with Crippen LogP contribution in [-0.4, -0.2) is 20.7 Å². The van der Waals surface area contributed by atoms with Gasteiger partial charge in [0.05, 0.1) is 6.20 Å². The summed E-state index contributed by atoms with van der Waals surface area (Å²) in [5.41, 5.74) is -0.497. The Kier molecular flexibility index (Phi) is 3.54. The van der Waals surface area contributed by atoms with E-state index in [0.717, 1.165) is 9.30 Å². The van der Waals surface area contributed by atoms with Gasteiger partial charge in [-0.1, -0.05) is 13.8 Å². The maximum atomic E-state index is 11.7. The smallest absolute Gasteiger partial charge is 0.363 e. The lowest BCUT2D eigenvalue weighted by molar-refractivity contribution is -0.0966. The van der Waals surface area contributed by atoms with Gasteiger partial charge in [0.15, 0.2) is 0 Å². The highest BCUT2D eigenvalue weighted by atomic mass is 16.7. The second-order valence-corrected chi connectivity index (χ2v) is 3.92. The van der Waals surface area contributed by atoms with E-state index < -0.39 is 12.0 Å². The van der Waals surface area contributed by atoms with Gasteiger partial charge in [-0.15, -0.1) is 4.73 Å². The van der Waals surface area contributed by atoms with E-state index in [1.54, 1.807) is 0 Å². The first-order chi connectivity index (χ1) is 7.34. The fraction of sp³-hybridized carbons (Fsp3) is 0.600. The quantitative estimate of drug-likeness (QED) is 0.704. The molecule has 1 atom stereocenters. The summed E-state index contributed by atoms with van der Waals surface area (Å²) in [5.74, 6) is -0.0249. The monoisotopic (exact) mass is 228 g/mol. The third-order valence-corrected chi connectivity index (χ3v) is 2.17. The molecule has 0 amide bonds. The van der Waals surface area contributed by atoms with Crippen molar-refractivity contribution < 1.29 is 9.94 Å². The van der Waals surface area contributed by atoms with Crippen LogP contribution in [0.1, 0.15) is 32.3 Å². The topological polar surface area (TPSA) is 73.5 Å². The van der Waals surface area contributed by atoms with E-state index in [-0.39, 0.29) is 11.5 Å². The van der Waals surface area contributed by atoms with E-state index in [9.17, 15) is 9.59 Å². The van der Waals surface area contributed by atoms with Crippen LogP contribution in [0.4, 0.5) is 0 Å². The third-order valence-electron chi connectivity index (χ3n) is 2.17. The van der Waals surface area contributed by atoms with Crippen molar-refractivity contribution in [2.45, 2.75) is 33.0 Å². The van der Waals surface area contributed by atoms with Crippen LogP contribution in [0.3, 0.4) is 0 Å². The summed E-state index contributed by atoms with van der Waals surface area (Å²) in [6.45, 7) is 5.06. The molecule has 1 N–H and O–H groups in total. The van der Waals surface area contributed by atoms with Crippen LogP contribution in [-0.2, 0) is 7.05 Å². The molecule has 1 aromatic rings. The van der Waals surface area contributed by atoms with E-state index in [1.165, 1.54) is 20.2 Å². The van der Waals surface area contributed by atoms with Gasteiger partial charge in [-0.25, -0.2) is 4.79 Å². The van der Waals surface area contributed by atoms with Crippen LogP contribution in [0.15, 0.2) is 15.8 Å². The van der Waals surface area contributed by atoms with Gasteiger partial charge in [0.25, 0.3) is 5.56 Å². The molecule has 0 fully saturated rings. The van der Waals surface area contributed by atoms with Crippen molar-refractivity contribution in [2.24, 2.45) is 7.05 Å². The van der Waals surface area contributed by atoms with E-state index in [2.05, 4.69) is 0 Å². The molecule has 1 heterocycles. The van der Waals surface area contributed by atoms with Crippen molar-refractivity contribution in [1.82, 2.24) is 9.30 Å². The zero-order valence-electron chi connectivity index (χ0n) is 9.80. The molecule has 90 valence electrons. The molecule has 0 bridgehead atoms. The van der Waals surface area contributed by atoms with Gasteiger partial charge in [0.2, 0.25) is 6.29 Å². The van der Waals surface area contributed by atoms with E-state index in [1.807, 2.05) is 13.8 Å². The number of nitrogens with zero attached hydrogens (tertiary/aromatic N) is 2. The Hall–Kier alpha value is -1.56. The lowest BCUT2D eigenvalue weighted by Crippen LogP contribution is -2.43. The minimum atomic E-state index is -1.12. The maximum Gasteiger partial charge on any atom is 0.363 e. The standard InChI is InChI=1S/C10H16N2O4/c1-6(2)8-5-12(16-7(3)13)10(15)11(4)9(8)14/h5-7,13H,1-4H3. The predicted octanol–water partition coefficient (Wildman–Crippen LogP) is -0.563. The molecular formula is C10H16N2O4. The molecule has 1 rings (SSSR count). The van der Waals surface area contributed by atoms with Crippen LogP contribution in [0.2, 0.25) is 0 Å². The molecule has 16 heavy (non-hydrogen) atoms. The Bertz CT molecular complexity index is 485. The van der Waals surface area contributed by atoms with Crippen molar-refractivity contribution in [3.8, 4) is 0 Å². The molecule has 1 unspecified atom stereocenters. The minimum Gasteiger partial charge on any atom is -0.378 e. The number of aliphatic hydroxyl groups excluding tert-OH is 1. The zero-order chi connectivity index (χ0) is 12.5. The van der Waals surface area contributed by atoms with Crippen molar-refractivity contribution >= 4 is 0 Å². The maximum absolute atomic E-state index is 11.7. The number of aromatic nitrogens is 2. The minimum absolute atomic E-state index is 0.0249. The Morgan fingerprint density at radius 2 is 1.88 bits per heavy atom. The molecule has 6 heteroatoms. The van der Waals surface area contributed by atoms with E-state index >= 15 is 0 Å². The average molecular weight is 228 g/mol. The van der Waals surface area contributed by atoms with Crippen LogP contribution in [0.25, 0.3) is 0 Å². The second kappa shape index (κ2) is 4.52. The normalized spacial score (nSPS) is 12.9. The van der Waals surface area contributed by atoms with Gasteiger partial charge in [-0.05, 0) is 5.92 Å². The van der Waals surface area contributed by atoms with Crippen LogP contribution < -0.4 is 16.1 Å². The highest BCUT2D eigenvalue weighted by molar-refractivity contribution is 5.09. The van der Waals surface area contributed by atoms with Gasteiger partial charge in [-0.2, -0.15) is 0 Å². The fourth-order valence-corrected chi connectivity index (χ4v) is 1.30. The first-order valence-corrected chi connectivity index (χ1v) is 5.02. The highest BCUT2D eigenvalue weighted by Crippen LogP contribution is 2.06. The number of hydrogen-bond donors (Lipinski definition) is 1. The molecule has 0 radical (unpaired) electrons.